The molecule has 1 aliphatic heterocycles. The first-order valence-corrected chi connectivity index (χ1v) is 15.1. The van der Waals surface area contributed by atoms with Gasteiger partial charge >= 0.3 is 6.03 Å². The predicted molar refractivity (Wildman–Crippen MR) is 163 cm³/mol. The van der Waals surface area contributed by atoms with Crippen LogP contribution in [0.5, 0.6) is 23.0 Å². The van der Waals surface area contributed by atoms with Gasteiger partial charge in [-0.2, -0.15) is 0 Å². The Kier molecular flexibility index (Phi) is 9.36. The molecule has 2 aromatic carbocycles. The number of nitrogens with zero attached hydrogens (tertiary/aromatic N) is 2. The molecule has 0 bridgehead atoms. The smallest absolute Gasteiger partial charge is 0.319 e. The molecular weight excluding hydrogens is 535 g/mol. The molecule has 2 atom stereocenters. The Morgan fingerprint density at radius 2 is 1.86 bits per heavy atom. The number of halogens is 1. The highest BCUT2D eigenvalue weighted by atomic mass is 19.1. The number of benzene rings is 2. The quantitative estimate of drug-likeness (QED) is 0.276. The molecule has 2 fully saturated rings. The molecular formula is C33H43FN4O4. The Bertz CT molecular complexity index is 1390. The Morgan fingerprint density at radius 3 is 2.60 bits per heavy atom. The molecule has 9 heteroatoms. The monoisotopic (exact) mass is 578 g/mol. The van der Waals surface area contributed by atoms with Crippen LogP contribution in [0.15, 0.2) is 42.6 Å². The van der Waals surface area contributed by atoms with Crippen molar-refractivity contribution in [1.82, 2.24) is 15.2 Å². The minimum atomic E-state index is -0.588. The molecule has 8 nitrogen and oxygen atoms in total. The van der Waals surface area contributed by atoms with Gasteiger partial charge in [-0.15, -0.1) is 0 Å². The molecule has 0 radical (unpaired) electrons. The zero-order chi connectivity index (χ0) is 29.7. The van der Waals surface area contributed by atoms with Crippen molar-refractivity contribution in [1.29, 1.82) is 0 Å². The van der Waals surface area contributed by atoms with E-state index in [1.165, 1.54) is 31.4 Å². The lowest BCUT2D eigenvalue weighted by Crippen LogP contribution is -2.44. The normalized spacial score (nSPS) is 20.6. The Morgan fingerprint density at radius 1 is 1.05 bits per heavy atom. The minimum Gasteiger partial charge on any atom is -0.493 e. The second-order valence-electron chi connectivity index (χ2n) is 12.5. The van der Waals surface area contributed by atoms with Gasteiger partial charge in [0.15, 0.2) is 23.1 Å². The van der Waals surface area contributed by atoms with Crippen LogP contribution in [0.25, 0.3) is 10.9 Å². The number of urea groups is 1. The largest absolute Gasteiger partial charge is 0.493 e. The van der Waals surface area contributed by atoms with Crippen molar-refractivity contribution < 1.29 is 23.4 Å². The van der Waals surface area contributed by atoms with Crippen LogP contribution < -0.4 is 24.8 Å². The summed E-state index contributed by atoms with van der Waals surface area (Å²) in [6, 6.07) is 9.48. The molecule has 226 valence electrons. The van der Waals surface area contributed by atoms with Gasteiger partial charge in [0.25, 0.3) is 0 Å². The summed E-state index contributed by atoms with van der Waals surface area (Å²) in [7, 11) is 1.59. The van der Waals surface area contributed by atoms with Crippen LogP contribution in [0.3, 0.4) is 0 Å². The van der Waals surface area contributed by atoms with Crippen LogP contribution in [0.2, 0.25) is 0 Å². The summed E-state index contributed by atoms with van der Waals surface area (Å²) in [5.74, 6) is 1.59. The van der Waals surface area contributed by atoms with E-state index in [0.29, 0.717) is 46.4 Å². The molecule has 1 saturated heterocycles. The second kappa shape index (κ2) is 13.2. The van der Waals surface area contributed by atoms with Crippen molar-refractivity contribution in [2.45, 2.75) is 65.3 Å². The van der Waals surface area contributed by atoms with Crippen LogP contribution in [-0.2, 0) is 0 Å². The van der Waals surface area contributed by atoms with E-state index in [9.17, 15) is 4.79 Å². The number of carbonyl (C=O) groups is 1. The van der Waals surface area contributed by atoms with E-state index in [2.05, 4.69) is 41.3 Å². The lowest BCUT2D eigenvalue weighted by Gasteiger charge is -2.39. The number of hydrogen-bond acceptors (Lipinski definition) is 6. The topological polar surface area (TPSA) is 85.0 Å². The van der Waals surface area contributed by atoms with Gasteiger partial charge in [-0.05, 0) is 80.8 Å². The van der Waals surface area contributed by atoms with Crippen molar-refractivity contribution in [3.05, 3.63) is 48.4 Å². The van der Waals surface area contributed by atoms with E-state index in [-0.39, 0.29) is 23.2 Å². The van der Waals surface area contributed by atoms with Crippen molar-refractivity contribution in [3.63, 3.8) is 0 Å². The van der Waals surface area contributed by atoms with Crippen LogP contribution in [0, 0.1) is 17.2 Å². The number of piperidine rings is 1. The first kappa shape index (κ1) is 29.9. The molecule has 2 N–H and O–H groups in total. The number of fused-ring (bicyclic) bond motifs is 1. The molecule has 1 saturated carbocycles. The van der Waals surface area contributed by atoms with Gasteiger partial charge < -0.3 is 24.8 Å². The molecule has 5 rings (SSSR count). The fraction of sp³-hybridized carbons (Fsp3) is 0.515. The third-order valence-electron chi connectivity index (χ3n) is 8.23. The molecule has 1 aliphatic carbocycles. The highest BCUT2D eigenvalue weighted by molar-refractivity contribution is 5.90. The molecule has 2 amide bonds. The van der Waals surface area contributed by atoms with E-state index in [4.69, 9.17) is 14.2 Å². The Labute approximate surface area is 247 Å². The average molecular weight is 579 g/mol. The van der Waals surface area contributed by atoms with Crippen molar-refractivity contribution in [2.24, 2.45) is 11.3 Å². The number of carbonyl (C=O) groups excluding carboxylic acids is 1. The molecule has 1 aromatic heterocycles. The SMILES string of the molecule is COc1cc2c(Oc3ccc(NC(=O)NC4CC(C)CC(C)(C)C4)cc3F)ccnc2cc1OCCN1CCCCC1. The highest BCUT2D eigenvalue weighted by Crippen LogP contribution is 2.39. The summed E-state index contributed by atoms with van der Waals surface area (Å²) >= 11 is 0. The number of rotatable bonds is 9. The van der Waals surface area contributed by atoms with E-state index in [1.807, 2.05) is 6.07 Å². The van der Waals surface area contributed by atoms with Gasteiger partial charge in [0.2, 0.25) is 0 Å². The first-order chi connectivity index (χ1) is 20.2. The molecule has 2 unspecified atom stereocenters. The maximum Gasteiger partial charge on any atom is 0.319 e. The number of anilines is 1. The highest BCUT2D eigenvalue weighted by Gasteiger charge is 2.32. The predicted octanol–water partition coefficient (Wildman–Crippen LogP) is 7.38. The molecule has 2 aliphatic rings. The van der Waals surface area contributed by atoms with Crippen LogP contribution in [-0.4, -0.2) is 55.3 Å². The van der Waals surface area contributed by atoms with Gasteiger partial charge in [0.1, 0.15) is 12.4 Å². The zero-order valence-corrected chi connectivity index (χ0v) is 25.2. The van der Waals surface area contributed by atoms with Crippen LogP contribution >= 0.6 is 0 Å². The number of hydrogen-bond donors (Lipinski definition) is 2. The summed E-state index contributed by atoms with van der Waals surface area (Å²) in [6.45, 7) is 10.3. The molecule has 42 heavy (non-hydrogen) atoms. The number of amides is 2. The lowest BCUT2D eigenvalue weighted by molar-refractivity contribution is 0.154. The number of ether oxygens (including phenoxy) is 3. The van der Waals surface area contributed by atoms with Crippen LogP contribution in [0.4, 0.5) is 14.9 Å². The average Bonchev–Trinajstić information content (AvgIpc) is 2.93. The van der Waals surface area contributed by atoms with Crippen LogP contribution in [0.1, 0.15) is 59.3 Å². The van der Waals surface area contributed by atoms with E-state index in [0.717, 1.165) is 38.9 Å². The zero-order valence-electron chi connectivity index (χ0n) is 25.2. The Balaban J connectivity index is 1.24. The van der Waals surface area contributed by atoms with Crippen molar-refractivity contribution in [3.8, 4) is 23.0 Å². The van der Waals surface area contributed by atoms with E-state index in [1.54, 1.807) is 31.5 Å². The summed E-state index contributed by atoms with van der Waals surface area (Å²) in [5, 5.41) is 6.49. The molecule has 2 heterocycles. The van der Waals surface area contributed by atoms with Gasteiger partial charge in [-0.25, -0.2) is 9.18 Å². The van der Waals surface area contributed by atoms with Crippen molar-refractivity contribution >= 4 is 22.6 Å². The maximum atomic E-state index is 15.1. The van der Waals surface area contributed by atoms with E-state index < -0.39 is 5.82 Å². The van der Waals surface area contributed by atoms with Gasteiger partial charge in [0, 0.05) is 42.0 Å². The number of pyridine rings is 1. The third kappa shape index (κ3) is 7.62. The fourth-order valence-corrected chi connectivity index (χ4v) is 6.55. The third-order valence-corrected chi connectivity index (χ3v) is 8.23. The molecule has 0 spiro atoms. The summed E-state index contributed by atoms with van der Waals surface area (Å²) in [6.07, 6.45) is 8.39. The number of likely N-dealkylation sites (tertiary alicyclic amines) is 1. The standard InChI is InChI=1S/C33H43FN4O4/c1-22-16-24(21-33(2,3)20-22)37-32(39)36-23-8-9-29(26(34)17-23)42-28-10-11-35-27-19-31(30(40-4)18-25(27)28)41-15-14-38-12-6-5-7-13-38/h8-11,17-19,22,24H,5-7,12-16,20-21H2,1-4H3,(H2,36,37,39). The molecule has 3 aromatic rings. The first-order valence-electron chi connectivity index (χ1n) is 15.1. The minimum absolute atomic E-state index is 0.0390. The Hall–Kier alpha value is -3.59. The van der Waals surface area contributed by atoms with E-state index >= 15 is 4.39 Å². The number of methoxy groups -OCH3 is 1. The number of aromatic nitrogens is 1. The maximum absolute atomic E-state index is 15.1. The van der Waals surface area contributed by atoms with Crippen molar-refractivity contribution in [2.75, 3.05) is 38.7 Å². The van der Waals surface area contributed by atoms with Gasteiger partial charge in [0.05, 0.1) is 12.6 Å². The lowest BCUT2D eigenvalue weighted by atomic mass is 9.71. The number of nitrogens with one attached hydrogen (secondary N) is 2. The van der Waals surface area contributed by atoms with Gasteiger partial charge in [-0.1, -0.05) is 27.2 Å². The summed E-state index contributed by atoms with van der Waals surface area (Å²) < 4.78 is 32.8. The summed E-state index contributed by atoms with van der Waals surface area (Å²) in [4.78, 5) is 19.6. The fourth-order valence-electron chi connectivity index (χ4n) is 6.55. The summed E-state index contributed by atoms with van der Waals surface area (Å²) in [5.41, 5.74) is 1.19. The second-order valence-corrected chi connectivity index (χ2v) is 12.5. The van der Waals surface area contributed by atoms with Gasteiger partial charge in [-0.3, -0.25) is 9.88 Å².